The van der Waals surface area contributed by atoms with E-state index in [9.17, 15) is 14.0 Å². The fourth-order valence-corrected chi connectivity index (χ4v) is 3.13. The minimum Gasteiger partial charge on any atom is -0.373 e. The molecule has 130 valence electrons. The first-order valence-electron chi connectivity index (χ1n) is 8.25. The normalized spacial score (nSPS) is 15.7. The van der Waals surface area contributed by atoms with Crippen LogP contribution in [0.25, 0.3) is 10.8 Å². The van der Waals surface area contributed by atoms with E-state index in [2.05, 4.69) is 16.0 Å². The van der Waals surface area contributed by atoms with E-state index in [0.29, 0.717) is 5.69 Å². The van der Waals surface area contributed by atoms with E-state index in [4.69, 9.17) is 0 Å². The summed E-state index contributed by atoms with van der Waals surface area (Å²) >= 11 is 0. The quantitative estimate of drug-likeness (QED) is 0.675. The zero-order chi connectivity index (χ0) is 18.1. The Labute approximate surface area is 149 Å². The van der Waals surface area contributed by atoms with E-state index in [1.54, 1.807) is 12.1 Å². The molecule has 0 unspecified atom stereocenters. The number of amides is 2. The molecule has 0 bridgehead atoms. The van der Waals surface area contributed by atoms with Crippen LogP contribution >= 0.6 is 0 Å². The second-order valence-electron chi connectivity index (χ2n) is 6.13. The van der Waals surface area contributed by atoms with Crippen LogP contribution in [0.4, 0.5) is 21.5 Å². The molecule has 0 aliphatic carbocycles. The third kappa shape index (κ3) is 2.97. The average molecular weight is 349 g/mol. The molecule has 0 saturated heterocycles. The Kier molecular flexibility index (Phi) is 4.01. The first-order chi connectivity index (χ1) is 12.6. The smallest absolute Gasteiger partial charge is 0.247 e. The SMILES string of the molecule is O=C(C[C@@H]1Nc2cccc3cccc(c23)NC1=O)Nc1ccccc1F. The maximum atomic E-state index is 13.7. The lowest BCUT2D eigenvalue weighted by atomic mass is 10.1. The van der Waals surface area contributed by atoms with E-state index in [-0.39, 0.29) is 18.0 Å². The van der Waals surface area contributed by atoms with Crippen LogP contribution in [0.15, 0.2) is 60.7 Å². The first kappa shape index (κ1) is 16.1. The lowest BCUT2D eigenvalue weighted by Gasteiger charge is -2.16. The Morgan fingerprint density at radius 3 is 2.50 bits per heavy atom. The van der Waals surface area contributed by atoms with Gasteiger partial charge >= 0.3 is 0 Å². The minimum absolute atomic E-state index is 0.0944. The molecule has 3 aromatic carbocycles. The Hall–Kier alpha value is -3.41. The van der Waals surface area contributed by atoms with E-state index in [1.807, 2.05) is 36.4 Å². The number of halogens is 1. The minimum atomic E-state index is -0.764. The Morgan fingerprint density at radius 2 is 1.73 bits per heavy atom. The van der Waals surface area contributed by atoms with Gasteiger partial charge < -0.3 is 16.0 Å². The molecule has 3 N–H and O–H groups in total. The molecule has 0 radical (unpaired) electrons. The maximum absolute atomic E-state index is 13.7. The molecule has 0 spiro atoms. The maximum Gasteiger partial charge on any atom is 0.247 e. The van der Waals surface area contributed by atoms with Crippen molar-refractivity contribution in [1.29, 1.82) is 0 Å². The number of hydrogen-bond acceptors (Lipinski definition) is 3. The fraction of sp³-hybridized carbons (Fsp3) is 0.100. The lowest BCUT2D eigenvalue weighted by Crippen LogP contribution is -2.36. The van der Waals surface area contributed by atoms with Crippen LogP contribution in [-0.4, -0.2) is 17.9 Å². The summed E-state index contributed by atoms with van der Waals surface area (Å²) in [5, 5.41) is 10.4. The van der Waals surface area contributed by atoms with Gasteiger partial charge in [0, 0.05) is 11.1 Å². The lowest BCUT2D eigenvalue weighted by molar-refractivity contribution is -0.121. The molecule has 1 aliphatic heterocycles. The van der Waals surface area contributed by atoms with Gasteiger partial charge in [-0.1, -0.05) is 36.4 Å². The monoisotopic (exact) mass is 349 g/mol. The number of nitrogens with one attached hydrogen (secondary N) is 3. The molecule has 2 amide bonds. The molecule has 3 aromatic rings. The Balaban J connectivity index is 1.57. The Bertz CT molecular complexity index is 1010. The van der Waals surface area contributed by atoms with Gasteiger partial charge in [0.05, 0.1) is 17.8 Å². The van der Waals surface area contributed by atoms with Crippen LogP contribution in [0.3, 0.4) is 0 Å². The summed E-state index contributed by atoms with van der Waals surface area (Å²) in [6, 6.07) is 16.5. The number of anilines is 3. The molecule has 1 heterocycles. The van der Waals surface area contributed by atoms with Crippen molar-refractivity contribution in [2.75, 3.05) is 16.0 Å². The summed E-state index contributed by atoms with van der Waals surface area (Å²) in [4.78, 5) is 24.9. The van der Waals surface area contributed by atoms with E-state index in [0.717, 1.165) is 16.5 Å². The van der Waals surface area contributed by atoms with Crippen LogP contribution < -0.4 is 16.0 Å². The van der Waals surface area contributed by atoms with Gasteiger partial charge in [-0.15, -0.1) is 0 Å². The highest BCUT2D eigenvalue weighted by molar-refractivity contribution is 6.13. The third-order valence-electron chi connectivity index (χ3n) is 4.35. The molecule has 1 aliphatic rings. The van der Waals surface area contributed by atoms with Crippen molar-refractivity contribution in [1.82, 2.24) is 0 Å². The highest BCUT2D eigenvalue weighted by Crippen LogP contribution is 2.33. The average Bonchev–Trinajstić information content (AvgIpc) is 2.76. The fourth-order valence-electron chi connectivity index (χ4n) is 3.13. The zero-order valence-corrected chi connectivity index (χ0v) is 13.8. The van der Waals surface area contributed by atoms with Gasteiger partial charge in [0.2, 0.25) is 11.8 Å². The van der Waals surface area contributed by atoms with E-state index < -0.39 is 17.8 Å². The van der Waals surface area contributed by atoms with Crippen LogP contribution in [0.5, 0.6) is 0 Å². The number of rotatable bonds is 3. The van der Waals surface area contributed by atoms with Gasteiger partial charge in [0.25, 0.3) is 0 Å². The topological polar surface area (TPSA) is 70.2 Å². The molecular weight excluding hydrogens is 333 g/mol. The van der Waals surface area contributed by atoms with Crippen molar-refractivity contribution in [3.63, 3.8) is 0 Å². The molecule has 0 aromatic heterocycles. The summed E-state index contributed by atoms with van der Waals surface area (Å²) in [5.41, 5.74) is 1.57. The third-order valence-corrected chi connectivity index (χ3v) is 4.35. The predicted octanol–water partition coefficient (Wildman–Crippen LogP) is 3.74. The summed E-state index contributed by atoms with van der Waals surface area (Å²) in [6.07, 6.45) is -0.120. The number of benzene rings is 3. The van der Waals surface area contributed by atoms with Crippen molar-refractivity contribution in [3.05, 3.63) is 66.5 Å². The van der Waals surface area contributed by atoms with Crippen LogP contribution in [0, 0.1) is 5.82 Å². The summed E-state index contributed by atoms with van der Waals surface area (Å²) < 4.78 is 13.7. The van der Waals surface area contributed by atoms with Crippen molar-refractivity contribution in [2.45, 2.75) is 12.5 Å². The van der Waals surface area contributed by atoms with Gasteiger partial charge in [-0.3, -0.25) is 9.59 Å². The standard InChI is InChI=1S/C20H16FN3O2/c21-13-7-1-2-8-14(13)23-18(25)11-17-20(26)24-16-10-4-6-12-5-3-9-15(22-17)19(12)16/h1-10,17,22H,11H2,(H,23,25)(H,24,26)/t17-/m0/s1. The number of carbonyl (C=O) groups is 2. The van der Waals surface area contributed by atoms with E-state index in [1.165, 1.54) is 12.1 Å². The highest BCUT2D eigenvalue weighted by atomic mass is 19.1. The molecule has 0 fully saturated rings. The van der Waals surface area contributed by atoms with Crippen molar-refractivity contribution in [3.8, 4) is 0 Å². The van der Waals surface area contributed by atoms with Crippen LogP contribution in [0.1, 0.15) is 6.42 Å². The van der Waals surface area contributed by atoms with Gasteiger partial charge in [0.1, 0.15) is 11.9 Å². The van der Waals surface area contributed by atoms with Gasteiger partial charge in [-0.2, -0.15) is 0 Å². The summed E-state index contributed by atoms with van der Waals surface area (Å²) in [6.45, 7) is 0. The first-order valence-corrected chi connectivity index (χ1v) is 8.25. The molecule has 6 heteroatoms. The molecule has 5 nitrogen and oxygen atoms in total. The molecule has 0 saturated carbocycles. The van der Waals surface area contributed by atoms with Gasteiger partial charge in [-0.25, -0.2) is 4.39 Å². The van der Waals surface area contributed by atoms with Crippen molar-refractivity contribution < 1.29 is 14.0 Å². The van der Waals surface area contributed by atoms with Gasteiger partial charge in [-0.05, 0) is 29.7 Å². The molecular formula is C20H16FN3O2. The van der Waals surface area contributed by atoms with Crippen LogP contribution in [0.2, 0.25) is 0 Å². The zero-order valence-electron chi connectivity index (χ0n) is 13.8. The van der Waals surface area contributed by atoms with Crippen LogP contribution in [-0.2, 0) is 9.59 Å². The second-order valence-corrected chi connectivity index (χ2v) is 6.13. The van der Waals surface area contributed by atoms with Crippen molar-refractivity contribution in [2.24, 2.45) is 0 Å². The molecule has 4 rings (SSSR count). The largest absolute Gasteiger partial charge is 0.373 e. The molecule has 1 atom stereocenters. The number of para-hydroxylation sites is 1. The van der Waals surface area contributed by atoms with Crippen molar-refractivity contribution >= 4 is 39.6 Å². The van der Waals surface area contributed by atoms with Gasteiger partial charge in [0.15, 0.2) is 0 Å². The number of hydrogen-bond donors (Lipinski definition) is 3. The highest BCUT2D eigenvalue weighted by Gasteiger charge is 2.26. The Morgan fingerprint density at radius 1 is 1.00 bits per heavy atom. The summed E-state index contributed by atoms with van der Waals surface area (Å²) in [7, 11) is 0. The molecule has 26 heavy (non-hydrogen) atoms. The second kappa shape index (κ2) is 6.48. The van der Waals surface area contributed by atoms with E-state index >= 15 is 0 Å². The number of carbonyl (C=O) groups excluding carboxylic acids is 2. The summed E-state index contributed by atoms with van der Waals surface area (Å²) in [5.74, 6) is -1.27. The predicted molar refractivity (Wildman–Crippen MR) is 99.6 cm³/mol.